The van der Waals surface area contributed by atoms with E-state index in [4.69, 9.17) is 4.74 Å². The fourth-order valence-electron chi connectivity index (χ4n) is 2.49. The number of hydrogen-bond donors (Lipinski definition) is 1. The lowest BCUT2D eigenvalue weighted by Gasteiger charge is -2.30. The Balaban J connectivity index is 1.99. The van der Waals surface area contributed by atoms with Crippen LogP contribution in [0, 0.1) is 0 Å². The van der Waals surface area contributed by atoms with Gasteiger partial charge < -0.3 is 4.74 Å². The van der Waals surface area contributed by atoms with Crippen molar-refractivity contribution in [2.24, 2.45) is 0 Å². The molecule has 1 aromatic carbocycles. The summed E-state index contributed by atoms with van der Waals surface area (Å²) in [5.74, 6) is 0.586. The van der Waals surface area contributed by atoms with Crippen LogP contribution in [0.3, 0.4) is 0 Å². The van der Waals surface area contributed by atoms with E-state index in [9.17, 15) is 9.59 Å². The zero-order chi connectivity index (χ0) is 15.4. The fourth-order valence-corrected chi connectivity index (χ4v) is 2.49. The summed E-state index contributed by atoms with van der Waals surface area (Å²) in [6.07, 6.45) is 0.972. The van der Waals surface area contributed by atoms with Gasteiger partial charge in [0.25, 0.3) is 0 Å². The van der Waals surface area contributed by atoms with Gasteiger partial charge in [0.15, 0.2) is 0 Å². The van der Waals surface area contributed by atoms with Gasteiger partial charge in [-0.25, -0.2) is 0 Å². The summed E-state index contributed by atoms with van der Waals surface area (Å²) in [5.41, 5.74) is 1.09. The van der Waals surface area contributed by atoms with Crippen LogP contribution < -0.4 is 10.1 Å². The molecular formula is C16H22N2O3. The van der Waals surface area contributed by atoms with E-state index >= 15 is 0 Å². The third kappa shape index (κ3) is 3.61. The molecule has 0 spiro atoms. The second-order valence-corrected chi connectivity index (χ2v) is 5.27. The molecule has 1 aliphatic heterocycles. The Kier molecular flexibility index (Phi) is 4.96. The number of ether oxygens (including phenoxy) is 1. The molecule has 0 radical (unpaired) electrons. The number of carbonyl (C=O) groups excluding carboxylic acids is 2. The van der Waals surface area contributed by atoms with Gasteiger partial charge in [0.1, 0.15) is 5.75 Å². The summed E-state index contributed by atoms with van der Waals surface area (Å²) in [4.78, 5) is 24.7. The zero-order valence-corrected chi connectivity index (χ0v) is 12.8. The highest BCUT2D eigenvalue weighted by Crippen LogP contribution is 2.20. The van der Waals surface area contributed by atoms with Crippen molar-refractivity contribution in [3.63, 3.8) is 0 Å². The van der Waals surface area contributed by atoms with Gasteiger partial charge in [-0.15, -0.1) is 0 Å². The number of piperidine rings is 1. The number of nitrogens with zero attached hydrogens (tertiary/aromatic N) is 1. The third-order valence-electron chi connectivity index (χ3n) is 3.79. The van der Waals surface area contributed by atoms with Crippen molar-refractivity contribution in [2.75, 3.05) is 13.7 Å². The summed E-state index contributed by atoms with van der Waals surface area (Å²) in [6, 6.07) is 7.57. The third-order valence-corrected chi connectivity index (χ3v) is 3.79. The van der Waals surface area contributed by atoms with Gasteiger partial charge in [-0.05, 0) is 38.0 Å². The van der Waals surface area contributed by atoms with Crippen LogP contribution in [0.2, 0.25) is 0 Å². The van der Waals surface area contributed by atoms with Crippen molar-refractivity contribution in [2.45, 2.75) is 38.8 Å². The van der Waals surface area contributed by atoms with Crippen LogP contribution in [0.4, 0.5) is 0 Å². The van der Waals surface area contributed by atoms with E-state index in [-0.39, 0.29) is 23.9 Å². The van der Waals surface area contributed by atoms with Crippen molar-refractivity contribution < 1.29 is 14.3 Å². The van der Waals surface area contributed by atoms with E-state index < -0.39 is 0 Å². The van der Waals surface area contributed by atoms with Gasteiger partial charge in [0.2, 0.25) is 11.8 Å². The smallest absolute Gasteiger partial charge is 0.246 e. The number of rotatable bonds is 5. The molecule has 1 heterocycles. The minimum atomic E-state index is -0.297. The lowest BCUT2D eigenvalue weighted by Crippen LogP contribution is -2.51. The van der Waals surface area contributed by atoms with E-state index in [0.717, 1.165) is 11.3 Å². The van der Waals surface area contributed by atoms with Gasteiger partial charge in [-0.2, -0.15) is 0 Å². The maximum Gasteiger partial charge on any atom is 0.246 e. The average molecular weight is 290 g/mol. The first-order valence-corrected chi connectivity index (χ1v) is 7.32. The van der Waals surface area contributed by atoms with Crippen LogP contribution in [0.25, 0.3) is 0 Å². The van der Waals surface area contributed by atoms with Crippen LogP contribution >= 0.6 is 0 Å². The number of likely N-dealkylation sites (tertiary alicyclic amines) is 1. The fraction of sp³-hybridized carbons (Fsp3) is 0.500. The van der Waals surface area contributed by atoms with Crippen LogP contribution in [0.15, 0.2) is 24.3 Å². The summed E-state index contributed by atoms with van der Waals surface area (Å²) >= 11 is 0. The van der Waals surface area contributed by atoms with Gasteiger partial charge in [0.05, 0.1) is 12.6 Å². The molecule has 2 amide bonds. The molecule has 21 heavy (non-hydrogen) atoms. The summed E-state index contributed by atoms with van der Waals surface area (Å²) in [5, 5.41) is 3.30. The summed E-state index contributed by atoms with van der Waals surface area (Å²) in [7, 11) is 1.54. The quantitative estimate of drug-likeness (QED) is 0.841. The van der Waals surface area contributed by atoms with Gasteiger partial charge in [-0.1, -0.05) is 12.1 Å². The Morgan fingerprint density at radius 1 is 1.33 bits per heavy atom. The maximum atomic E-state index is 12.1. The normalized spacial score (nSPS) is 20.5. The first-order valence-electron chi connectivity index (χ1n) is 7.32. The summed E-state index contributed by atoms with van der Waals surface area (Å²) in [6.45, 7) is 4.61. The van der Waals surface area contributed by atoms with E-state index in [1.54, 1.807) is 7.05 Å². The van der Waals surface area contributed by atoms with E-state index in [2.05, 4.69) is 5.32 Å². The lowest BCUT2D eigenvalue weighted by atomic mass is 10.0. The Hall–Kier alpha value is -1.88. The predicted octanol–water partition coefficient (Wildman–Crippen LogP) is 1.88. The largest absolute Gasteiger partial charge is 0.494 e. The first kappa shape index (κ1) is 15.5. The molecule has 1 N–H and O–H groups in total. The van der Waals surface area contributed by atoms with Gasteiger partial charge in [0, 0.05) is 19.5 Å². The number of hydrogen-bond acceptors (Lipinski definition) is 4. The molecule has 2 unspecified atom stereocenters. The maximum absolute atomic E-state index is 12.1. The Morgan fingerprint density at radius 2 is 2.00 bits per heavy atom. The second kappa shape index (κ2) is 6.72. The van der Waals surface area contributed by atoms with Gasteiger partial charge in [-0.3, -0.25) is 19.8 Å². The predicted molar refractivity (Wildman–Crippen MR) is 80.0 cm³/mol. The number of carbonyl (C=O) groups is 2. The summed E-state index contributed by atoms with van der Waals surface area (Å²) < 4.78 is 5.41. The molecule has 2 atom stereocenters. The van der Waals surface area contributed by atoms with E-state index in [1.165, 1.54) is 4.90 Å². The minimum Gasteiger partial charge on any atom is -0.494 e. The molecule has 114 valence electrons. The number of nitrogens with one attached hydrogen (secondary N) is 1. The lowest BCUT2D eigenvalue weighted by molar-refractivity contribution is -0.148. The van der Waals surface area contributed by atoms with Crippen molar-refractivity contribution in [3.05, 3.63) is 29.8 Å². The van der Waals surface area contributed by atoms with Crippen molar-refractivity contribution in [1.29, 1.82) is 0 Å². The topological polar surface area (TPSA) is 58.6 Å². The molecule has 0 aliphatic carbocycles. The minimum absolute atomic E-state index is 0.0382. The highest BCUT2D eigenvalue weighted by molar-refractivity contribution is 6.00. The molecule has 1 aromatic rings. The van der Waals surface area contributed by atoms with Crippen molar-refractivity contribution >= 4 is 11.8 Å². The number of imide groups is 1. The van der Waals surface area contributed by atoms with Crippen LogP contribution in [0.1, 0.15) is 38.3 Å². The van der Waals surface area contributed by atoms with E-state index in [1.807, 2.05) is 38.1 Å². The van der Waals surface area contributed by atoms with Crippen LogP contribution in [-0.2, 0) is 9.59 Å². The second-order valence-electron chi connectivity index (χ2n) is 5.27. The number of amides is 2. The van der Waals surface area contributed by atoms with Crippen molar-refractivity contribution in [1.82, 2.24) is 10.2 Å². The molecule has 2 rings (SSSR count). The average Bonchev–Trinajstić information content (AvgIpc) is 2.49. The standard InChI is InChI=1S/C16H22N2O3/c1-4-21-13-7-5-12(6-8-13)11(2)17-14-9-10-15(19)18(3)16(14)20/h5-8,11,14,17H,4,9-10H2,1-3H3. The molecular weight excluding hydrogens is 268 g/mol. The Morgan fingerprint density at radius 3 is 2.62 bits per heavy atom. The molecule has 5 heteroatoms. The molecule has 1 fully saturated rings. The Bertz CT molecular complexity index is 513. The molecule has 5 nitrogen and oxygen atoms in total. The van der Waals surface area contributed by atoms with Crippen LogP contribution in [0.5, 0.6) is 5.75 Å². The zero-order valence-electron chi connectivity index (χ0n) is 12.8. The van der Waals surface area contributed by atoms with E-state index in [0.29, 0.717) is 19.4 Å². The molecule has 0 saturated carbocycles. The van der Waals surface area contributed by atoms with Crippen LogP contribution in [-0.4, -0.2) is 36.4 Å². The molecule has 0 bridgehead atoms. The SMILES string of the molecule is CCOc1ccc(C(C)NC2CCC(=O)N(C)C2=O)cc1. The molecule has 1 aliphatic rings. The number of likely N-dealkylation sites (N-methyl/N-ethyl adjacent to an activating group) is 1. The highest BCUT2D eigenvalue weighted by atomic mass is 16.5. The molecule has 1 saturated heterocycles. The van der Waals surface area contributed by atoms with Gasteiger partial charge >= 0.3 is 0 Å². The van der Waals surface area contributed by atoms with Crippen molar-refractivity contribution in [3.8, 4) is 5.75 Å². The number of benzene rings is 1. The Labute approximate surface area is 125 Å². The highest BCUT2D eigenvalue weighted by Gasteiger charge is 2.32. The monoisotopic (exact) mass is 290 g/mol. The molecule has 0 aromatic heterocycles. The first-order chi connectivity index (χ1) is 10.0.